The van der Waals surface area contributed by atoms with Crippen LogP contribution in [-0.2, 0) is 13.1 Å². The molecule has 1 aromatic heterocycles. The molecular weight excluding hydrogens is 420 g/mol. The number of imidazole rings is 1. The molecular formula is C22H25ClN4O2S. The van der Waals surface area contributed by atoms with Crippen LogP contribution in [0.5, 0.6) is 11.5 Å². The van der Waals surface area contributed by atoms with Crippen molar-refractivity contribution in [2.24, 2.45) is 0 Å². The van der Waals surface area contributed by atoms with E-state index in [1.54, 1.807) is 20.4 Å². The lowest BCUT2D eigenvalue weighted by molar-refractivity contribution is 0.394. The minimum Gasteiger partial charge on any atom is -0.497 e. The Balaban J connectivity index is 1.69. The summed E-state index contributed by atoms with van der Waals surface area (Å²) in [6.07, 6.45) is 6.50. The van der Waals surface area contributed by atoms with E-state index in [9.17, 15) is 0 Å². The number of hydrogen-bond acceptors (Lipinski definition) is 4. The van der Waals surface area contributed by atoms with Crippen molar-refractivity contribution in [1.82, 2.24) is 14.5 Å². The van der Waals surface area contributed by atoms with Crippen LogP contribution in [0, 0.1) is 0 Å². The molecule has 1 N–H and O–H groups in total. The normalized spacial score (nSPS) is 10.5. The molecule has 0 aliphatic carbocycles. The minimum atomic E-state index is 0.534. The van der Waals surface area contributed by atoms with Gasteiger partial charge in [-0.2, -0.15) is 0 Å². The summed E-state index contributed by atoms with van der Waals surface area (Å²) in [5.41, 5.74) is 1.97. The van der Waals surface area contributed by atoms with E-state index in [4.69, 9.17) is 33.3 Å². The van der Waals surface area contributed by atoms with Crippen LogP contribution in [0.15, 0.2) is 61.2 Å². The molecule has 0 atom stereocenters. The Hall–Kier alpha value is -2.77. The second-order valence-electron chi connectivity index (χ2n) is 6.70. The van der Waals surface area contributed by atoms with E-state index in [0.717, 1.165) is 36.5 Å². The number of nitrogens with one attached hydrogen (secondary N) is 1. The Morgan fingerprint density at radius 1 is 1.17 bits per heavy atom. The van der Waals surface area contributed by atoms with Gasteiger partial charge in [0, 0.05) is 37.7 Å². The van der Waals surface area contributed by atoms with E-state index in [-0.39, 0.29) is 0 Å². The minimum absolute atomic E-state index is 0.534. The number of thiocarbonyl (C=S) groups is 1. The predicted octanol–water partition coefficient (Wildman–Crippen LogP) is 4.84. The number of nitrogens with zero attached hydrogens (tertiary/aromatic N) is 3. The topological polar surface area (TPSA) is 51.5 Å². The molecule has 3 rings (SSSR count). The van der Waals surface area contributed by atoms with Gasteiger partial charge in [-0.15, -0.1) is 0 Å². The summed E-state index contributed by atoms with van der Waals surface area (Å²) >= 11 is 12.0. The molecule has 0 saturated carbocycles. The Morgan fingerprint density at radius 2 is 1.97 bits per heavy atom. The highest BCUT2D eigenvalue weighted by atomic mass is 35.5. The highest BCUT2D eigenvalue weighted by Crippen LogP contribution is 2.27. The first-order valence-electron chi connectivity index (χ1n) is 9.57. The highest BCUT2D eigenvalue weighted by molar-refractivity contribution is 7.80. The summed E-state index contributed by atoms with van der Waals surface area (Å²) in [6, 6.07) is 13.5. The first-order valence-corrected chi connectivity index (χ1v) is 10.4. The van der Waals surface area contributed by atoms with Crippen molar-refractivity contribution in [2.45, 2.75) is 19.5 Å². The molecule has 2 aromatic carbocycles. The van der Waals surface area contributed by atoms with Crippen molar-refractivity contribution < 1.29 is 9.47 Å². The number of ether oxygens (including phenoxy) is 2. The van der Waals surface area contributed by atoms with Gasteiger partial charge in [-0.25, -0.2) is 4.98 Å². The molecule has 6 nitrogen and oxygen atoms in total. The fourth-order valence-electron chi connectivity index (χ4n) is 3.01. The van der Waals surface area contributed by atoms with Gasteiger partial charge in [0.25, 0.3) is 0 Å². The number of halogens is 1. The number of rotatable bonds is 9. The van der Waals surface area contributed by atoms with E-state index >= 15 is 0 Å². The van der Waals surface area contributed by atoms with Crippen LogP contribution < -0.4 is 14.8 Å². The molecule has 3 aromatic rings. The number of hydrogen-bond donors (Lipinski definition) is 1. The molecule has 30 heavy (non-hydrogen) atoms. The van der Waals surface area contributed by atoms with Crippen molar-refractivity contribution in [1.29, 1.82) is 0 Å². The fraction of sp³-hybridized carbons (Fsp3) is 0.273. The first-order chi connectivity index (χ1) is 14.6. The smallest absolute Gasteiger partial charge is 0.173 e. The van der Waals surface area contributed by atoms with Crippen molar-refractivity contribution in [2.75, 3.05) is 26.1 Å². The molecule has 0 fully saturated rings. The van der Waals surface area contributed by atoms with E-state index in [2.05, 4.69) is 31.9 Å². The first kappa shape index (κ1) is 21.9. The van der Waals surface area contributed by atoms with Crippen LogP contribution >= 0.6 is 23.8 Å². The standard InChI is InChI=1S/C22H25ClN4O2S/c1-28-19-7-4-17(5-8-19)15-27(12-3-11-26-13-10-24-16-26)22(30)25-18-6-9-21(29-2)20(23)14-18/h4-10,13-14,16H,3,11-12,15H2,1-2H3,(H,25,30). The number of methoxy groups -OCH3 is 2. The SMILES string of the molecule is COc1ccc(CN(CCCn2ccnc2)C(=S)Nc2ccc(OC)c(Cl)c2)cc1. The van der Waals surface area contributed by atoms with Crippen LogP contribution in [0.3, 0.4) is 0 Å². The third-order valence-electron chi connectivity index (χ3n) is 4.63. The van der Waals surface area contributed by atoms with E-state index in [0.29, 0.717) is 22.4 Å². The summed E-state index contributed by atoms with van der Waals surface area (Å²) < 4.78 is 12.5. The molecule has 0 radical (unpaired) electrons. The van der Waals surface area contributed by atoms with Gasteiger partial charge in [0.1, 0.15) is 11.5 Å². The highest BCUT2D eigenvalue weighted by Gasteiger charge is 2.12. The summed E-state index contributed by atoms with van der Waals surface area (Å²) in [5, 5.41) is 4.47. The molecule has 1 heterocycles. The molecule has 0 amide bonds. The fourth-order valence-corrected chi connectivity index (χ4v) is 3.54. The monoisotopic (exact) mass is 444 g/mol. The average molecular weight is 445 g/mol. The van der Waals surface area contributed by atoms with Gasteiger partial charge >= 0.3 is 0 Å². The van der Waals surface area contributed by atoms with Gasteiger partial charge < -0.3 is 24.3 Å². The molecule has 158 valence electrons. The number of anilines is 1. The summed E-state index contributed by atoms with van der Waals surface area (Å²) in [4.78, 5) is 6.24. The zero-order chi connectivity index (χ0) is 21.3. The van der Waals surface area contributed by atoms with Crippen molar-refractivity contribution in [3.8, 4) is 11.5 Å². The van der Waals surface area contributed by atoms with Crippen LogP contribution in [0.2, 0.25) is 5.02 Å². The Labute approximate surface area is 187 Å². The molecule has 0 unspecified atom stereocenters. The van der Waals surface area contributed by atoms with Gasteiger partial charge in [-0.1, -0.05) is 23.7 Å². The van der Waals surface area contributed by atoms with E-state index < -0.39 is 0 Å². The van der Waals surface area contributed by atoms with Gasteiger partial charge in [-0.05, 0) is 54.5 Å². The van der Waals surface area contributed by atoms with Gasteiger partial charge in [0.2, 0.25) is 0 Å². The van der Waals surface area contributed by atoms with Crippen molar-refractivity contribution >= 4 is 34.6 Å². The Bertz CT molecular complexity index is 948. The maximum Gasteiger partial charge on any atom is 0.173 e. The molecule has 8 heteroatoms. The van der Waals surface area contributed by atoms with Crippen LogP contribution in [0.4, 0.5) is 5.69 Å². The molecule has 0 aliphatic rings. The zero-order valence-electron chi connectivity index (χ0n) is 17.0. The summed E-state index contributed by atoms with van der Waals surface area (Å²) in [6.45, 7) is 2.35. The second kappa shape index (κ2) is 10.8. The predicted molar refractivity (Wildman–Crippen MR) is 124 cm³/mol. The van der Waals surface area contributed by atoms with Crippen molar-refractivity contribution in [3.05, 3.63) is 71.8 Å². The van der Waals surface area contributed by atoms with Crippen molar-refractivity contribution in [3.63, 3.8) is 0 Å². The van der Waals surface area contributed by atoms with Crippen LogP contribution in [0.25, 0.3) is 0 Å². The summed E-state index contributed by atoms with van der Waals surface area (Å²) in [5.74, 6) is 1.46. The van der Waals surface area contributed by atoms with Gasteiger partial charge in [-0.3, -0.25) is 0 Å². The van der Waals surface area contributed by atoms with Crippen LogP contribution in [0.1, 0.15) is 12.0 Å². The zero-order valence-corrected chi connectivity index (χ0v) is 18.6. The lowest BCUT2D eigenvalue weighted by atomic mass is 10.2. The maximum absolute atomic E-state index is 6.25. The lowest BCUT2D eigenvalue weighted by Crippen LogP contribution is -2.35. The largest absolute Gasteiger partial charge is 0.497 e. The lowest BCUT2D eigenvalue weighted by Gasteiger charge is -2.26. The molecule has 0 aliphatic heterocycles. The molecule has 0 saturated heterocycles. The molecule has 0 spiro atoms. The van der Waals surface area contributed by atoms with Crippen LogP contribution in [-0.4, -0.2) is 40.3 Å². The quantitative estimate of drug-likeness (QED) is 0.476. The third kappa shape index (κ3) is 6.11. The average Bonchev–Trinajstić information content (AvgIpc) is 3.27. The Morgan fingerprint density at radius 3 is 2.60 bits per heavy atom. The summed E-state index contributed by atoms with van der Waals surface area (Å²) in [7, 11) is 3.26. The third-order valence-corrected chi connectivity index (χ3v) is 5.28. The maximum atomic E-state index is 6.25. The number of aryl methyl sites for hydroxylation is 1. The Kier molecular flexibility index (Phi) is 7.93. The molecule has 0 bridgehead atoms. The van der Waals surface area contributed by atoms with E-state index in [1.165, 1.54) is 0 Å². The van der Waals surface area contributed by atoms with Gasteiger partial charge in [0.15, 0.2) is 5.11 Å². The second-order valence-corrected chi connectivity index (χ2v) is 7.50. The van der Waals surface area contributed by atoms with Gasteiger partial charge in [0.05, 0.1) is 25.6 Å². The number of aromatic nitrogens is 2. The number of benzene rings is 2. The van der Waals surface area contributed by atoms with E-state index in [1.807, 2.05) is 42.9 Å².